The molecule has 0 unspecified atom stereocenters. The third kappa shape index (κ3) is 4.04. The molecule has 0 aliphatic heterocycles. The Morgan fingerprint density at radius 1 is 1.12 bits per heavy atom. The lowest BCUT2D eigenvalue weighted by molar-refractivity contribution is -0.119. The van der Waals surface area contributed by atoms with Crippen LogP contribution in [0.4, 0.5) is 0 Å². The predicted octanol–water partition coefficient (Wildman–Crippen LogP) is 5.07. The van der Waals surface area contributed by atoms with E-state index >= 15 is 0 Å². The SMILES string of the molecule is CC(=O)N[C@@H]1CC=C(c2cnc3ccc(-c4nc[nH]c4-c4cccc(C)n4)cc3c2)CC1. The molecule has 0 saturated carbocycles. The van der Waals surface area contributed by atoms with Gasteiger partial charge in [0, 0.05) is 35.8 Å². The van der Waals surface area contributed by atoms with Crippen molar-refractivity contribution in [2.45, 2.75) is 39.2 Å². The van der Waals surface area contributed by atoms with Crippen LogP contribution in [0.15, 0.2) is 61.1 Å². The van der Waals surface area contributed by atoms with Gasteiger partial charge in [0.05, 0.1) is 28.9 Å². The Hall–Kier alpha value is -3.80. The number of benzene rings is 1. The van der Waals surface area contributed by atoms with E-state index in [-0.39, 0.29) is 11.9 Å². The maximum atomic E-state index is 11.3. The van der Waals surface area contributed by atoms with Crippen molar-refractivity contribution in [1.82, 2.24) is 25.3 Å². The number of aryl methyl sites for hydroxylation is 1. The van der Waals surface area contributed by atoms with Gasteiger partial charge in [0.25, 0.3) is 0 Å². The first-order valence-corrected chi connectivity index (χ1v) is 10.9. The molecule has 2 N–H and O–H groups in total. The Bertz CT molecular complexity index is 1340. The summed E-state index contributed by atoms with van der Waals surface area (Å²) in [6.45, 7) is 3.56. The third-order valence-corrected chi connectivity index (χ3v) is 5.93. The highest BCUT2D eigenvalue weighted by molar-refractivity contribution is 5.88. The van der Waals surface area contributed by atoms with Crippen LogP contribution in [0.25, 0.3) is 39.1 Å². The lowest BCUT2D eigenvalue weighted by Crippen LogP contribution is -2.33. The Labute approximate surface area is 186 Å². The zero-order valence-electron chi connectivity index (χ0n) is 18.2. The number of pyridine rings is 2. The standard InChI is InChI=1S/C26H25N5O/c1-16-4-3-5-24(30-16)26-25(28-15-29-26)19-8-11-23-20(12-19)13-21(14-27-23)18-6-9-22(10-7-18)31-17(2)32/h3-6,8,11-15,22H,7,9-10H2,1-2H3,(H,28,29)(H,31,32)/t22-/m1/s1. The smallest absolute Gasteiger partial charge is 0.217 e. The van der Waals surface area contributed by atoms with Crippen molar-refractivity contribution in [1.29, 1.82) is 0 Å². The molecule has 1 atom stereocenters. The van der Waals surface area contributed by atoms with E-state index in [1.54, 1.807) is 13.3 Å². The summed E-state index contributed by atoms with van der Waals surface area (Å²) in [5.41, 5.74) is 8.05. The average molecular weight is 424 g/mol. The normalized spacial score (nSPS) is 16.1. The highest BCUT2D eigenvalue weighted by Crippen LogP contribution is 2.32. The van der Waals surface area contributed by atoms with Gasteiger partial charge in [-0.2, -0.15) is 0 Å². The van der Waals surface area contributed by atoms with Crippen LogP contribution in [0.3, 0.4) is 0 Å². The van der Waals surface area contributed by atoms with Crippen molar-refractivity contribution in [2.75, 3.05) is 0 Å². The van der Waals surface area contributed by atoms with E-state index < -0.39 is 0 Å². The number of allylic oxidation sites excluding steroid dienone is 1. The van der Waals surface area contributed by atoms with Crippen molar-refractivity contribution in [2.24, 2.45) is 0 Å². The van der Waals surface area contributed by atoms with Crippen LogP contribution >= 0.6 is 0 Å². The molecule has 1 aromatic carbocycles. The fourth-order valence-corrected chi connectivity index (χ4v) is 4.36. The van der Waals surface area contributed by atoms with E-state index in [2.05, 4.69) is 49.5 Å². The lowest BCUT2D eigenvalue weighted by atomic mass is 9.90. The molecular formula is C26H25N5O. The molecule has 0 spiro atoms. The van der Waals surface area contributed by atoms with Crippen molar-refractivity contribution in [3.05, 3.63) is 72.3 Å². The van der Waals surface area contributed by atoms with E-state index in [9.17, 15) is 4.79 Å². The molecule has 4 aromatic rings. The van der Waals surface area contributed by atoms with Gasteiger partial charge in [-0.25, -0.2) is 4.98 Å². The summed E-state index contributed by atoms with van der Waals surface area (Å²) < 4.78 is 0. The number of hydrogen-bond donors (Lipinski definition) is 2. The number of aromatic nitrogens is 4. The molecule has 0 radical (unpaired) electrons. The summed E-state index contributed by atoms with van der Waals surface area (Å²) in [5, 5.41) is 4.09. The zero-order valence-corrected chi connectivity index (χ0v) is 18.2. The molecule has 6 heteroatoms. The number of hydrogen-bond acceptors (Lipinski definition) is 4. The Balaban J connectivity index is 1.47. The van der Waals surface area contributed by atoms with E-state index in [0.29, 0.717) is 0 Å². The minimum absolute atomic E-state index is 0.0327. The molecule has 1 aliphatic rings. The third-order valence-electron chi connectivity index (χ3n) is 5.93. The number of carbonyl (C=O) groups is 1. The Morgan fingerprint density at radius 2 is 2.00 bits per heavy atom. The number of aromatic amines is 1. The largest absolute Gasteiger partial charge is 0.353 e. The molecule has 3 heterocycles. The van der Waals surface area contributed by atoms with E-state index in [1.807, 2.05) is 37.4 Å². The van der Waals surface area contributed by atoms with Gasteiger partial charge in [-0.3, -0.25) is 14.8 Å². The number of imidazole rings is 1. The number of rotatable bonds is 4. The Morgan fingerprint density at radius 3 is 2.78 bits per heavy atom. The van der Waals surface area contributed by atoms with Gasteiger partial charge in [-0.05, 0) is 67.7 Å². The second-order valence-corrected chi connectivity index (χ2v) is 8.32. The molecular weight excluding hydrogens is 398 g/mol. The summed E-state index contributed by atoms with van der Waals surface area (Å²) in [7, 11) is 0. The fraction of sp³-hybridized carbons (Fsp3) is 0.231. The molecule has 6 nitrogen and oxygen atoms in total. The summed E-state index contributed by atoms with van der Waals surface area (Å²) in [6.07, 6.45) is 8.62. The molecule has 1 amide bonds. The van der Waals surface area contributed by atoms with E-state index in [0.717, 1.165) is 64.1 Å². The summed E-state index contributed by atoms with van der Waals surface area (Å²) in [6, 6.07) is 14.7. The van der Waals surface area contributed by atoms with Crippen LogP contribution in [0.1, 0.15) is 37.4 Å². The number of carbonyl (C=O) groups excluding carboxylic acids is 1. The van der Waals surface area contributed by atoms with Crippen molar-refractivity contribution >= 4 is 22.4 Å². The van der Waals surface area contributed by atoms with Crippen LogP contribution in [-0.4, -0.2) is 31.9 Å². The topological polar surface area (TPSA) is 83.6 Å². The fourth-order valence-electron chi connectivity index (χ4n) is 4.36. The quantitative estimate of drug-likeness (QED) is 0.480. The highest BCUT2D eigenvalue weighted by atomic mass is 16.1. The second kappa shape index (κ2) is 8.38. The highest BCUT2D eigenvalue weighted by Gasteiger charge is 2.17. The number of fused-ring (bicyclic) bond motifs is 1. The number of nitrogens with one attached hydrogen (secondary N) is 2. The van der Waals surface area contributed by atoms with Crippen LogP contribution in [0, 0.1) is 6.92 Å². The van der Waals surface area contributed by atoms with Crippen LogP contribution in [-0.2, 0) is 4.79 Å². The zero-order chi connectivity index (χ0) is 22.1. The summed E-state index contributed by atoms with van der Waals surface area (Å²) in [4.78, 5) is 28.5. The van der Waals surface area contributed by atoms with Crippen molar-refractivity contribution in [3.63, 3.8) is 0 Å². The first kappa shape index (κ1) is 20.1. The molecule has 160 valence electrons. The second-order valence-electron chi connectivity index (χ2n) is 8.32. The van der Waals surface area contributed by atoms with Gasteiger partial charge >= 0.3 is 0 Å². The monoisotopic (exact) mass is 423 g/mol. The minimum Gasteiger partial charge on any atom is -0.353 e. The van der Waals surface area contributed by atoms with Crippen LogP contribution in [0.2, 0.25) is 0 Å². The van der Waals surface area contributed by atoms with Gasteiger partial charge in [0.2, 0.25) is 5.91 Å². The Kier molecular flexibility index (Phi) is 5.27. The van der Waals surface area contributed by atoms with Gasteiger partial charge in [-0.15, -0.1) is 0 Å². The van der Waals surface area contributed by atoms with Crippen molar-refractivity contribution in [3.8, 4) is 22.6 Å². The molecule has 0 fully saturated rings. The predicted molar refractivity (Wildman–Crippen MR) is 127 cm³/mol. The average Bonchev–Trinajstić information content (AvgIpc) is 3.28. The molecule has 1 aliphatic carbocycles. The molecule has 0 bridgehead atoms. The van der Waals surface area contributed by atoms with Gasteiger partial charge in [0.1, 0.15) is 0 Å². The van der Waals surface area contributed by atoms with Gasteiger partial charge < -0.3 is 10.3 Å². The van der Waals surface area contributed by atoms with Crippen molar-refractivity contribution < 1.29 is 4.79 Å². The van der Waals surface area contributed by atoms with Gasteiger partial charge in [-0.1, -0.05) is 18.2 Å². The summed E-state index contributed by atoms with van der Waals surface area (Å²) >= 11 is 0. The van der Waals surface area contributed by atoms with E-state index in [4.69, 9.17) is 0 Å². The number of amides is 1. The summed E-state index contributed by atoms with van der Waals surface area (Å²) in [5.74, 6) is 0.0327. The molecule has 5 rings (SSSR count). The number of H-pyrrole nitrogens is 1. The maximum absolute atomic E-state index is 11.3. The van der Waals surface area contributed by atoms with E-state index in [1.165, 1.54) is 5.57 Å². The van der Waals surface area contributed by atoms with Crippen LogP contribution < -0.4 is 5.32 Å². The van der Waals surface area contributed by atoms with Crippen LogP contribution in [0.5, 0.6) is 0 Å². The minimum atomic E-state index is 0.0327. The molecule has 0 saturated heterocycles. The lowest BCUT2D eigenvalue weighted by Gasteiger charge is -2.22. The molecule has 3 aromatic heterocycles. The molecule has 32 heavy (non-hydrogen) atoms. The first-order chi connectivity index (χ1) is 15.6. The van der Waals surface area contributed by atoms with Gasteiger partial charge in [0.15, 0.2) is 0 Å². The maximum Gasteiger partial charge on any atom is 0.217 e. The number of nitrogens with zero attached hydrogens (tertiary/aromatic N) is 3. The first-order valence-electron chi connectivity index (χ1n) is 10.9.